The summed E-state index contributed by atoms with van der Waals surface area (Å²) in [7, 11) is 0. The van der Waals surface area contributed by atoms with Crippen LogP contribution in [0.2, 0.25) is 0 Å². The summed E-state index contributed by atoms with van der Waals surface area (Å²) in [5.74, 6) is 0. The molecule has 0 aliphatic carbocycles. The molecule has 0 saturated heterocycles. The lowest BCUT2D eigenvalue weighted by Crippen LogP contribution is -2.53. The van der Waals surface area contributed by atoms with Gasteiger partial charge in [0, 0.05) is 6.54 Å². The molecule has 0 aromatic heterocycles. The molecule has 0 spiro atoms. The molecular weight excluding hydrogens is 452 g/mol. The van der Waals surface area contributed by atoms with Crippen molar-refractivity contribution in [1.29, 1.82) is 0 Å². The van der Waals surface area contributed by atoms with E-state index in [1.165, 1.54) is 154 Å². The Morgan fingerprint density at radius 3 is 1.14 bits per heavy atom. The molecule has 0 aromatic carbocycles. The summed E-state index contributed by atoms with van der Waals surface area (Å²) in [5.41, 5.74) is -0.735. The molecule has 2 N–H and O–H groups in total. The lowest BCUT2D eigenvalue weighted by molar-refractivity contribution is -0.0302. The minimum atomic E-state index is -0.735. The molecule has 0 fully saturated rings. The van der Waals surface area contributed by atoms with E-state index in [4.69, 9.17) is 0 Å². The summed E-state index contributed by atoms with van der Waals surface area (Å²) in [6.07, 6.45) is 33.4. The Hall–Kier alpha value is -0.120. The Kier molecular flexibility index (Phi) is 28.8. The van der Waals surface area contributed by atoms with Crippen LogP contribution >= 0.6 is 0 Å². The first-order valence-electron chi connectivity index (χ1n) is 17.3. The van der Waals surface area contributed by atoms with Gasteiger partial charge in [-0.1, -0.05) is 163 Å². The zero-order chi connectivity index (χ0) is 27.3. The van der Waals surface area contributed by atoms with Gasteiger partial charge in [-0.05, 0) is 45.3 Å². The number of hydrogen-bond donors (Lipinski definition) is 2. The highest BCUT2D eigenvalue weighted by atomic mass is 16.3. The number of nitrogens with zero attached hydrogens (tertiary/aromatic N) is 1. The van der Waals surface area contributed by atoms with Crippen molar-refractivity contribution in [3.63, 3.8) is 0 Å². The van der Waals surface area contributed by atoms with Gasteiger partial charge in [-0.2, -0.15) is 0 Å². The first-order chi connectivity index (χ1) is 18.1. The zero-order valence-corrected chi connectivity index (χ0v) is 26.4. The molecule has 0 aromatic rings. The second-order valence-electron chi connectivity index (χ2n) is 12.0. The third kappa shape index (κ3) is 25.9. The Morgan fingerprint density at radius 1 is 0.459 bits per heavy atom. The Balaban J connectivity index is 4.27. The van der Waals surface area contributed by atoms with Crippen LogP contribution in [0.25, 0.3) is 0 Å². The van der Waals surface area contributed by atoms with Crippen LogP contribution in [0, 0.1) is 0 Å². The Bertz CT molecular complexity index is 412. The number of unbranched alkanes of at least 4 members (excludes halogenated alkanes) is 21. The van der Waals surface area contributed by atoms with Crippen LogP contribution in [0.15, 0.2) is 0 Å². The number of nitrogens with one attached hydrogen (secondary N) is 1. The van der Waals surface area contributed by atoms with Crippen molar-refractivity contribution in [1.82, 2.24) is 10.2 Å². The van der Waals surface area contributed by atoms with E-state index in [0.717, 1.165) is 32.6 Å². The van der Waals surface area contributed by atoms with E-state index >= 15 is 0 Å². The van der Waals surface area contributed by atoms with Crippen molar-refractivity contribution in [3.05, 3.63) is 0 Å². The molecule has 224 valence electrons. The highest BCUT2D eigenvalue weighted by Crippen LogP contribution is 2.15. The van der Waals surface area contributed by atoms with E-state index in [1.54, 1.807) is 0 Å². The van der Waals surface area contributed by atoms with E-state index in [9.17, 15) is 5.11 Å². The lowest BCUT2D eigenvalue weighted by atomic mass is 10.1. The van der Waals surface area contributed by atoms with Gasteiger partial charge in [0.25, 0.3) is 0 Å². The van der Waals surface area contributed by atoms with Gasteiger partial charge in [-0.25, -0.2) is 0 Å². The van der Waals surface area contributed by atoms with Crippen molar-refractivity contribution in [2.45, 2.75) is 194 Å². The molecule has 1 atom stereocenters. The van der Waals surface area contributed by atoms with E-state index in [1.807, 2.05) is 0 Å². The maximum absolute atomic E-state index is 11.4. The fourth-order valence-electron chi connectivity index (χ4n) is 5.45. The van der Waals surface area contributed by atoms with Crippen LogP contribution in [0.5, 0.6) is 0 Å². The SMILES string of the molecule is CCCCCCCCCCCCNC(O)(CC)CN(CCCCCCCCC)CCCCCCCCC. The van der Waals surface area contributed by atoms with Gasteiger partial charge in [0.2, 0.25) is 0 Å². The summed E-state index contributed by atoms with van der Waals surface area (Å²) in [6.45, 7) is 13.0. The molecule has 3 nitrogen and oxygen atoms in total. The summed E-state index contributed by atoms with van der Waals surface area (Å²) in [6, 6.07) is 0. The van der Waals surface area contributed by atoms with Gasteiger partial charge < -0.3 is 5.11 Å². The van der Waals surface area contributed by atoms with Crippen molar-refractivity contribution in [2.24, 2.45) is 0 Å². The lowest BCUT2D eigenvalue weighted by Gasteiger charge is -2.35. The van der Waals surface area contributed by atoms with Crippen LogP contribution in [0.3, 0.4) is 0 Å². The fraction of sp³-hybridized carbons (Fsp3) is 1.00. The van der Waals surface area contributed by atoms with Crippen molar-refractivity contribution < 1.29 is 5.11 Å². The zero-order valence-electron chi connectivity index (χ0n) is 26.4. The second kappa shape index (κ2) is 28.9. The molecule has 1 unspecified atom stereocenters. The molecule has 0 heterocycles. The smallest absolute Gasteiger partial charge is 0.128 e. The van der Waals surface area contributed by atoms with Gasteiger partial charge in [0.15, 0.2) is 0 Å². The molecule has 37 heavy (non-hydrogen) atoms. The summed E-state index contributed by atoms with van der Waals surface area (Å²) in [5, 5.41) is 14.9. The highest BCUT2D eigenvalue weighted by molar-refractivity contribution is 4.79. The van der Waals surface area contributed by atoms with Crippen LogP contribution < -0.4 is 5.32 Å². The fourth-order valence-corrected chi connectivity index (χ4v) is 5.45. The van der Waals surface area contributed by atoms with Crippen LogP contribution in [-0.2, 0) is 0 Å². The molecular formula is C34H72N2O. The van der Waals surface area contributed by atoms with Crippen molar-refractivity contribution >= 4 is 0 Å². The largest absolute Gasteiger partial charge is 0.375 e. The molecule has 0 aliphatic heterocycles. The third-order valence-corrected chi connectivity index (χ3v) is 8.21. The van der Waals surface area contributed by atoms with Crippen molar-refractivity contribution in [3.8, 4) is 0 Å². The van der Waals surface area contributed by atoms with Crippen LogP contribution in [0.4, 0.5) is 0 Å². The number of aliphatic hydroxyl groups is 1. The van der Waals surface area contributed by atoms with Gasteiger partial charge in [-0.3, -0.25) is 10.2 Å². The van der Waals surface area contributed by atoms with Crippen LogP contribution in [-0.4, -0.2) is 41.9 Å². The topological polar surface area (TPSA) is 35.5 Å². The normalized spacial score (nSPS) is 13.5. The third-order valence-electron chi connectivity index (χ3n) is 8.21. The first kappa shape index (κ1) is 36.9. The molecule has 3 heteroatoms. The molecule has 0 radical (unpaired) electrons. The van der Waals surface area contributed by atoms with Crippen molar-refractivity contribution in [2.75, 3.05) is 26.2 Å². The van der Waals surface area contributed by atoms with E-state index < -0.39 is 5.72 Å². The predicted molar refractivity (Wildman–Crippen MR) is 168 cm³/mol. The van der Waals surface area contributed by atoms with Gasteiger partial charge >= 0.3 is 0 Å². The Morgan fingerprint density at radius 2 is 0.784 bits per heavy atom. The van der Waals surface area contributed by atoms with E-state index in [-0.39, 0.29) is 0 Å². The van der Waals surface area contributed by atoms with Crippen LogP contribution in [0.1, 0.15) is 188 Å². The number of rotatable bonds is 31. The standard InChI is InChI=1S/C34H72N2O/c1-5-9-12-15-18-19-20-21-24-27-30-35-34(37,8-4)33-36(31-28-25-22-16-13-10-6-2)32-29-26-23-17-14-11-7-3/h35,37H,5-33H2,1-4H3. The maximum Gasteiger partial charge on any atom is 0.128 e. The highest BCUT2D eigenvalue weighted by Gasteiger charge is 2.26. The number of hydrogen-bond acceptors (Lipinski definition) is 3. The minimum Gasteiger partial charge on any atom is -0.375 e. The predicted octanol–water partition coefficient (Wildman–Crippen LogP) is 10.4. The Labute approximate surface area is 235 Å². The summed E-state index contributed by atoms with van der Waals surface area (Å²) < 4.78 is 0. The molecule has 0 amide bonds. The van der Waals surface area contributed by atoms with E-state index in [2.05, 4.69) is 37.9 Å². The summed E-state index contributed by atoms with van der Waals surface area (Å²) >= 11 is 0. The summed E-state index contributed by atoms with van der Waals surface area (Å²) in [4.78, 5) is 2.58. The van der Waals surface area contributed by atoms with E-state index in [0.29, 0.717) is 0 Å². The average molecular weight is 525 g/mol. The molecule has 0 saturated carbocycles. The molecule has 0 aliphatic rings. The average Bonchev–Trinajstić information content (AvgIpc) is 2.90. The maximum atomic E-state index is 11.4. The van der Waals surface area contributed by atoms with Gasteiger partial charge in [-0.15, -0.1) is 0 Å². The monoisotopic (exact) mass is 525 g/mol. The quantitative estimate of drug-likeness (QED) is 0.0699. The van der Waals surface area contributed by atoms with Gasteiger partial charge in [0.05, 0.1) is 0 Å². The molecule has 0 rings (SSSR count). The second-order valence-corrected chi connectivity index (χ2v) is 12.0. The molecule has 0 bridgehead atoms. The first-order valence-corrected chi connectivity index (χ1v) is 17.3. The van der Waals surface area contributed by atoms with Gasteiger partial charge in [0.1, 0.15) is 5.72 Å². The minimum absolute atomic E-state index is 0.735.